The molecule has 7 nitrogen and oxygen atoms in total. The topological polar surface area (TPSA) is 81.8 Å². The van der Waals surface area contributed by atoms with E-state index < -0.39 is 12.1 Å². The lowest BCUT2D eigenvalue weighted by Gasteiger charge is -2.46. The van der Waals surface area contributed by atoms with Gasteiger partial charge in [0.25, 0.3) is 0 Å². The molecule has 0 aliphatic carbocycles. The molecule has 2 atom stereocenters. The van der Waals surface area contributed by atoms with Crippen LogP contribution < -0.4 is 10.6 Å². The molecule has 0 aromatic heterocycles. The number of anilines is 1. The molecule has 2 unspecified atom stereocenters. The second-order valence-electron chi connectivity index (χ2n) is 7.52. The van der Waals surface area contributed by atoms with Crippen LogP contribution in [0.15, 0.2) is 54.6 Å². The van der Waals surface area contributed by atoms with Crippen molar-refractivity contribution in [1.29, 1.82) is 0 Å². The number of hydrogen-bond donors (Lipinski definition) is 2. The van der Waals surface area contributed by atoms with Gasteiger partial charge in [-0.1, -0.05) is 30.3 Å². The summed E-state index contributed by atoms with van der Waals surface area (Å²) in [5.41, 5.74) is 1.28. The molecule has 2 heterocycles. The van der Waals surface area contributed by atoms with Gasteiger partial charge in [-0.3, -0.25) is 14.5 Å². The molecule has 2 fully saturated rings. The molecule has 0 spiro atoms. The van der Waals surface area contributed by atoms with E-state index in [0.29, 0.717) is 24.2 Å². The van der Waals surface area contributed by atoms with Crippen molar-refractivity contribution < 1.29 is 18.8 Å². The molecule has 2 aliphatic rings. The number of nitrogens with one attached hydrogen (secondary N) is 2. The number of urea groups is 1. The maximum Gasteiger partial charge on any atom is 0.327 e. The zero-order valence-electron chi connectivity index (χ0n) is 16.4. The van der Waals surface area contributed by atoms with Crippen LogP contribution in [0.5, 0.6) is 0 Å². The quantitative estimate of drug-likeness (QED) is 0.793. The van der Waals surface area contributed by atoms with Crippen LogP contribution in [0, 0.1) is 5.82 Å². The normalized spacial score (nSPS) is 21.4. The highest BCUT2D eigenvalue weighted by Gasteiger charge is 2.47. The zero-order valence-corrected chi connectivity index (χ0v) is 16.4. The number of piperidine rings is 1. The SMILES string of the molecule is O=C(CN1C(=O)N(Cc2ccc(F)cc2)C(=O)C2NCCCC21)Nc1ccccc1. The van der Waals surface area contributed by atoms with Crippen molar-refractivity contribution in [3.63, 3.8) is 0 Å². The molecule has 2 aromatic carbocycles. The molecule has 30 heavy (non-hydrogen) atoms. The third kappa shape index (κ3) is 4.18. The van der Waals surface area contributed by atoms with Crippen molar-refractivity contribution in [2.45, 2.75) is 31.5 Å². The van der Waals surface area contributed by atoms with Gasteiger partial charge in [0.1, 0.15) is 18.4 Å². The number of benzene rings is 2. The maximum atomic E-state index is 13.2. The van der Waals surface area contributed by atoms with Crippen LogP contribution in [-0.2, 0) is 16.1 Å². The molecule has 8 heteroatoms. The van der Waals surface area contributed by atoms with E-state index in [1.807, 2.05) is 18.2 Å². The molecule has 0 bridgehead atoms. The van der Waals surface area contributed by atoms with Crippen molar-refractivity contribution in [1.82, 2.24) is 15.1 Å². The Labute approximate surface area is 173 Å². The van der Waals surface area contributed by atoms with E-state index in [0.717, 1.165) is 11.3 Å². The Morgan fingerprint density at radius 3 is 2.57 bits per heavy atom. The van der Waals surface area contributed by atoms with Crippen LogP contribution in [-0.4, -0.2) is 52.8 Å². The van der Waals surface area contributed by atoms with Crippen molar-refractivity contribution >= 4 is 23.5 Å². The van der Waals surface area contributed by atoms with E-state index in [9.17, 15) is 18.8 Å². The van der Waals surface area contributed by atoms with Crippen LogP contribution in [0.1, 0.15) is 18.4 Å². The first kappa shape index (κ1) is 20.0. The number of halogens is 1. The summed E-state index contributed by atoms with van der Waals surface area (Å²) < 4.78 is 13.2. The number of para-hydroxylation sites is 1. The van der Waals surface area contributed by atoms with Gasteiger partial charge in [0.15, 0.2) is 0 Å². The van der Waals surface area contributed by atoms with Crippen molar-refractivity contribution in [2.75, 3.05) is 18.4 Å². The lowest BCUT2D eigenvalue weighted by molar-refractivity contribution is -0.138. The second kappa shape index (κ2) is 8.62. The highest BCUT2D eigenvalue weighted by molar-refractivity contribution is 6.02. The molecular weight excluding hydrogens is 387 g/mol. The molecule has 0 radical (unpaired) electrons. The largest absolute Gasteiger partial charge is 0.327 e. The summed E-state index contributed by atoms with van der Waals surface area (Å²) in [6.07, 6.45) is 1.47. The summed E-state index contributed by atoms with van der Waals surface area (Å²) in [6, 6.07) is 13.3. The average molecular weight is 410 g/mol. The zero-order chi connectivity index (χ0) is 21.1. The summed E-state index contributed by atoms with van der Waals surface area (Å²) in [4.78, 5) is 41.4. The monoisotopic (exact) mass is 410 g/mol. The minimum Gasteiger partial charge on any atom is -0.325 e. The number of imide groups is 1. The fraction of sp³-hybridized carbons (Fsp3) is 0.318. The summed E-state index contributed by atoms with van der Waals surface area (Å²) in [5, 5.41) is 5.98. The lowest BCUT2D eigenvalue weighted by atomic mass is 9.93. The highest BCUT2D eigenvalue weighted by Crippen LogP contribution is 2.26. The summed E-state index contributed by atoms with van der Waals surface area (Å²) in [6.45, 7) is 0.555. The predicted octanol–water partition coefficient (Wildman–Crippen LogP) is 2.35. The Kier molecular flexibility index (Phi) is 5.76. The number of nitrogens with zero attached hydrogens (tertiary/aromatic N) is 2. The number of rotatable bonds is 5. The van der Waals surface area contributed by atoms with Gasteiger partial charge in [-0.15, -0.1) is 0 Å². The molecule has 4 amide bonds. The van der Waals surface area contributed by atoms with E-state index >= 15 is 0 Å². The van der Waals surface area contributed by atoms with E-state index in [1.165, 1.54) is 17.0 Å². The Morgan fingerprint density at radius 2 is 1.83 bits per heavy atom. The first-order valence-electron chi connectivity index (χ1n) is 9.97. The fourth-order valence-corrected chi connectivity index (χ4v) is 4.00. The van der Waals surface area contributed by atoms with Crippen LogP contribution in [0.25, 0.3) is 0 Å². The number of hydrogen-bond acceptors (Lipinski definition) is 4. The molecule has 0 saturated carbocycles. The van der Waals surface area contributed by atoms with Crippen molar-refractivity contribution in [3.05, 3.63) is 66.0 Å². The third-order valence-electron chi connectivity index (χ3n) is 5.46. The van der Waals surface area contributed by atoms with Gasteiger partial charge in [-0.25, -0.2) is 9.18 Å². The maximum absolute atomic E-state index is 13.2. The number of amides is 4. The Bertz CT molecular complexity index is 935. The highest BCUT2D eigenvalue weighted by atomic mass is 19.1. The molecule has 2 saturated heterocycles. The van der Waals surface area contributed by atoms with E-state index in [1.54, 1.807) is 24.3 Å². The minimum absolute atomic E-state index is 0.0274. The standard InChI is InChI=1S/C22H23FN4O3/c23-16-10-8-15(9-11-16)13-27-21(29)20-18(7-4-12-24-20)26(22(27)30)14-19(28)25-17-5-2-1-3-6-17/h1-3,5-6,8-11,18,20,24H,4,7,12-14H2,(H,25,28). The minimum atomic E-state index is -0.554. The van der Waals surface area contributed by atoms with Gasteiger partial charge in [0.2, 0.25) is 11.8 Å². The fourth-order valence-electron chi connectivity index (χ4n) is 4.00. The van der Waals surface area contributed by atoms with Gasteiger partial charge in [-0.2, -0.15) is 0 Å². The average Bonchev–Trinajstić information content (AvgIpc) is 2.76. The van der Waals surface area contributed by atoms with Gasteiger partial charge in [-0.05, 0) is 49.2 Å². The van der Waals surface area contributed by atoms with Crippen LogP contribution >= 0.6 is 0 Å². The second-order valence-corrected chi connectivity index (χ2v) is 7.52. The van der Waals surface area contributed by atoms with Crippen LogP contribution in [0.4, 0.5) is 14.9 Å². The molecular formula is C22H23FN4O3. The van der Waals surface area contributed by atoms with E-state index in [2.05, 4.69) is 10.6 Å². The van der Waals surface area contributed by atoms with Crippen molar-refractivity contribution in [3.8, 4) is 0 Å². The van der Waals surface area contributed by atoms with Gasteiger partial charge in [0, 0.05) is 5.69 Å². The summed E-state index contributed by atoms with van der Waals surface area (Å²) in [5.74, 6) is -1.02. The first-order valence-corrected chi connectivity index (χ1v) is 9.97. The lowest BCUT2D eigenvalue weighted by Crippen LogP contribution is -2.70. The van der Waals surface area contributed by atoms with E-state index in [4.69, 9.17) is 0 Å². The Balaban J connectivity index is 1.54. The number of carbonyl (C=O) groups excluding carboxylic acids is 3. The van der Waals surface area contributed by atoms with Gasteiger partial charge >= 0.3 is 6.03 Å². The summed E-state index contributed by atoms with van der Waals surface area (Å²) in [7, 11) is 0. The third-order valence-corrected chi connectivity index (χ3v) is 5.46. The Morgan fingerprint density at radius 1 is 1.10 bits per heavy atom. The van der Waals surface area contributed by atoms with Gasteiger partial charge < -0.3 is 15.5 Å². The molecule has 156 valence electrons. The molecule has 4 rings (SSSR count). The smallest absolute Gasteiger partial charge is 0.325 e. The predicted molar refractivity (Wildman–Crippen MR) is 109 cm³/mol. The molecule has 2 N–H and O–H groups in total. The number of fused-ring (bicyclic) bond motifs is 1. The Hall–Kier alpha value is -3.26. The molecule has 2 aromatic rings. The summed E-state index contributed by atoms with van der Waals surface area (Å²) >= 11 is 0. The van der Waals surface area contributed by atoms with E-state index in [-0.39, 0.29) is 36.8 Å². The van der Waals surface area contributed by atoms with Crippen molar-refractivity contribution in [2.24, 2.45) is 0 Å². The van der Waals surface area contributed by atoms with Crippen LogP contribution in [0.2, 0.25) is 0 Å². The molecule has 2 aliphatic heterocycles. The van der Waals surface area contributed by atoms with Crippen LogP contribution in [0.3, 0.4) is 0 Å². The van der Waals surface area contributed by atoms with Gasteiger partial charge in [0.05, 0.1) is 12.6 Å². The first-order chi connectivity index (χ1) is 14.5. The number of carbonyl (C=O) groups is 3.